The Hall–Kier alpha value is -1.47. The number of para-hydroxylation sites is 1. The van der Waals surface area contributed by atoms with Crippen molar-refractivity contribution in [3.05, 3.63) is 53.6 Å². The maximum Gasteiger partial charge on any atom is 0.131 e. The van der Waals surface area contributed by atoms with E-state index in [1.54, 1.807) is 12.1 Å². The normalized spacial score (nSPS) is 10.1. The zero-order chi connectivity index (χ0) is 9.97. The summed E-state index contributed by atoms with van der Waals surface area (Å²) in [6.45, 7) is 0. The van der Waals surface area contributed by atoms with Crippen LogP contribution in [-0.2, 0) is 0 Å². The van der Waals surface area contributed by atoms with E-state index < -0.39 is 0 Å². The molecule has 0 spiro atoms. The minimum Gasteiger partial charge on any atom is -0.507 e. The molecule has 1 radical (unpaired) electrons. The van der Waals surface area contributed by atoms with Crippen LogP contribution in [0.2, 0.25) is 5.02 Å². The summed E-state index contributed by atoms with van der Waals surface area (Å²) in [5, 5.41) is 10.2. The molecule has 0 atom stereocenters. The molecule has 0 bridgehead atoms. The summed E-state index contributed by atoms with van der Waals surface area (Å²) in [4.78, 5) is 0. The Bertz CT molecular complexity index is 408. The van der Waals surface area contributed by atoms with Gasteiger partial charge in [-0.3, -0.25) is 0 Å². The third-order valence-corrected chi connectivity index (χ3v) is 2.33. The molecule has 2 aromatic carbocycles. The van der Waals surface area contributed by atoms with Gasteiger partial charge < -0.3 is 5.11 Å². The van der Waals surface area contributed by atoms with Crippen molar-refractivity contribution in [3.8, 4) is 16.9 Å². The Balaban J connectivity index is 2.61. The maximum atomic E-state index is 9.57. The lowest BCUT2D eigenvalue weighted by Gasteiger charge is -2.05. The molecule has 69 valence electrons. The molecule has 1 nitrogen and oxygen atoms in total. The fourth-order valence-electron chi connectivity index (χ4n) is 1.33. The fourth-order valence-corrected chi connectivity index (χ4v) is 1.56. The quantitative estimate of drug-likeness (QED) is 0.752. The van der Waals surface area contributed by atoms with Crippen LogP contribution in [-0.4, -0.2) is 5.11 Å². The Labute approximate surface area is 87.6 Å². The van der Waals surface area contributed by atoms with Gasteiger partial charge in [0, 0.05) is 22.2 Å². The first kappa shape index (κ1) is 9.10. The third kappa shape index (κ3) is 1.59. The molecule has 0 heterocycles. The second-order valence-corrected chi connectivity index (χ2v) is 3.32. The van der Waals surface area contributed by atoms with E-state index in [2.05, 4.69) is 6.07 Å². The SMILES string of the molecule is Oc1[c]cccc1-c1ccccc1Cl. The topological polar surface area (TPSA) is 20.2 Å². The molecule has 2 rings (SSSR count). The van der Waals surface area contributed by atoms with Gasteiger partial charge in [-0.15, -0.1) is 0 Å². The zero-order valence-electron chi connectivity index (χ0n) is 7.37. The lowest BCUT2D eigenvalue weighted by Crippen LogP contribution is -1.79. The van der Waals surface area contributed by atoms with Gasteiger partial charge in [-0.2, -0.15) is 0 Å². The lowest BCUT2D eigenvalue weighted by molar-refractivity contribution is 0.476. The molecular formula is C12H8ClO. The van der Waals surface area contributed by atoms with Crippen molar-refractivity contribution in [2.45, 2.75) is 0 Å². The lowest BCUT2D eigenvalue weighted by atomic mass is 10.1. The van der Waals surface area contributed by atoms with E-state index in [1.807, 2.05) is 30.3 Å². The predicted octanol–water partition coefficient (Wildman–Crippen LogP) is 3.51. The summed E-state index contributed by atoms with van der Waals surface area (Å²) in [7, 11) is 0. The minimum absolute atomic E-state index is 0.126. The van der Waals surface area contributed by atoms with Crippen LogP contribution in [0.1, 0.15) is 0 Å². The molecule has 0 aliphatic carbocycles. The van der Waals surface area contributed by atoms with Gasteiger partial charge in [-0.1, -0.05) is 48.0 Å². The molecule has 2 heteroatoms. The van der Waals surface area contributed by atoms with Gasteiger partial charge in [-0.25, -0.2) is 0 Å². The summed E-state index contributed by atoms with van der Waals surface area (Å²) in [5.74, 6) is 0.126. The van der Waals surface area contributed by atoms with Gasteiger partial charge >= 0.3 is 0 Å². The summed E-state index contributed by atoms with van der Waals surface area (Å²) < 4.78 is 0. The van der Waals surface area contributed by atoms with Crippen LogP contribution in [0.4, 0.5) is 0 Å². The van der Waals surface area contributed by atoms with E-state index in [4.69, 9.17) is 11.6 Å². The Morgan fingerprint density at radius 1 is 1.00 bits per heavy atom. The Kier molecular flexibility index (Phi) is 2.42. The van der Waals surface area contributed by atoms with E-state index in [9.17, 15) is 5.11 Å². The number of halogens is 1. The predicted molar refractivity (Wildman–Crippen MR) is 57.4 cm³/mol. The number of hydrogen-bond donors (Lipinski definition) is 1. The molecular weight excluding hydrogens is 196 g/mol. The summed E-state index contributed by atoms with van der Waals surface area (Å²) >= 11 is 6.01. The highest BCUT2D eigenvalue weighted by molar-refractivity contribution is 6.33. The standard InChI is InChI=1S/C12H8ClO/c13-11-7-3-1-5-9(11)10-6-2-4-8-12(10)14/h1-7,14H. The number of phenolic OH excluding ortho intramolecular Hbond substituents is 1. The summed E-state index contributed by atoms with van der Waals surface area (Å²) in [5.41, 5.74) is 1.53. The van der Waals surface area contributed by atoms with E-state index in [1.165, 1.54) is 0 Å². The van der Waals surface area contributed by atoms with Crippen LogP contribution in [0, 0.1) is 6.07 Å². The van der Waals surface area contributed by atoms with E-state index >= 15 is 0 Å². The first-order chi connectivity index (χ1) is 6.79. The van der Waals surface area contributed by atoms with Crippen LogP contribution < -0.4 is 0 Å². The molecule has 0 aromatic heterocycles. The number of aromatic hydroxyl groups is 1. The molecule has 2 aromatic rings. The summed E-state index contributed by atoms with van der Waals surface area (Å²) in [6, 6.07) is 15.4. The van der Waals surface area contributed by atoms with Gasteiger partial charge in [0.1, 0.15) is 5.75 Å². The van der Waals surface area contributed by atoms with Gasteiger partial charge in [0.05, 0.1) is 0 Å². The van der Waals surface area contributed by atoms with Gasteiger partial charge in [-0.05, 0) is 6.07 Å². The van der Waals surface area contributed by atoms with Crippen molar-refractivity contribution in [1.29, 1.82) is 0 Å². The third-order valence-electron chi connectivity index (χ3n) is 2.00. The molecule has 0 saturated carbocycles. The highest BCUT2D eigenvalue weighted by Crippen LogP contribution is 2.33. The van der Waals surface area contributed by atoms with E-state index in [0.717, 1.165) is 5.56 Å². The van der Waals surface area contributed by atoms with E-state index in [0.29, 0.717) is 10.6 Å². The molecule has 1 N–H and O–H groups in total. The average molecular weight is 204 g/mol. The Morgan fingerprint density at radius 2 is 1.71 bits per heavy atom. The average Bonchev–Trinajstić information content (AvgIpc) is 2.20. The minimum atomic E-state index is 0.126. The maximum absolute atomic E-state index is 9.57. The highest BCUT2D eigenvalue weighted by atomic mass is 35.5. The van der Waals surface area contributed by atoms with Crippen molar-refractivity contribution < 1.29 is 5.11 Å². The number of benzene rings is 2. The van der Waals surface area contributed by atoms with Crippen molar-refractivity contribution in [2.75, 3.05) is 0 Å². The molecule has 0 aliphatic rings. The number of hydrogen-bond acceptors (Lipinski definition) is 1. The van der Waals surface area contributed by atoms with Crippen LogP contribution in [0.3, 0.4) is 0 Å². The van der Waals surface area contributed by atoms with Crippen molar-refractivity contribution in [2.24, 2.45) is 0 Å². The summed E-state index contributed by atoms with van der Waals surface area (Å²) in [6.07, 6.45) is 0. The second-order valence-electron chi connectivity index (χ2n) is 2.91. The van der Waals surface area contributed by atoms with E-state index in [-0.39, 0.29) is 5.75 Å². The second kappa shape index (κ2) is 3.72. The fraction of sp³-hybridized carbons (Fsp3) is 0. The molecule has 0 saturated heterocycles. The van der Waals surface area contributed by atoms with Crippen molar-refractivity contribution >= 4 is 11.6 Å². The monoisotopic (exact) mass is 203 g/mol. The molecule has 0 unspecified atom stereocenters. The molecule has 0 amide bonds. The van der Waals surface area contributed by atoms with Crippen LogP contribution in [0.15, 0.2) is 42.5 Å². The first-order valence-corrected chi connectivity index (χ1v) is 4.61. The van der Waals surface area contributed by atoms with Crippen molar-refractivity contribution in [1.82, 2.24) is 0 Å². The number of phenols is 1. The smallest absolute Gasteiger partial charge is 0.131 e. The molecule has 0 fully saturated rings. The van der Waals surface area contributed by atoms with Gasteiger partial charge in [0.2, 0.25) is 0 Å². The van der Waals surface area contributed by atoms with Gasteiger partial charge in [0.25, 0.3) is 0 Å². The van der Waals surface area contributed by atoms with Gasteiger partial charge in [0.15, 0.2) is 0 Å². The Morgan fingerprint density at radius 3 is 2.43 bits per heavy atom. The van der Waals surface area contributed by atoms with Crippen LogP contribution in [0.5, 0.6) is 5.75 Å². The van der Waals surface area contributed by atoms with Crippen molar-refractivity contribution in [3.63, 3.8) is 0 Å². The molecule has 14 heavy (non-hydrogen) atoms. The van der Waals surface area contributed by atoms with Crippen LogP contribution >= 0.6 is 11.6 Å². The molecule has 0 aliphatic heterocycles. The number of rotatable bonds is 1. The highest BCUT2D eigenvalue weighted by Gasteiger charge is 2.05. The first-order valence-electron chi connectivity index (χ1n) is 4.23. The zero-order valence-corrected chi connectivity index (χ0v) is 8.12. The van der Waals surface area contributed by atoms with Crippen LogP contribution in [0.25, 0.3) is 11.1 Å². The largest absolute Gasteiger partial charge is 0.507 e.